The monoisotopic (exact) mass is 2430 g/mol. The highest BCUT2D eigenvalue weighted by atomic mass is 79.9. The van der Waals surface area contributed by atoms with E-state index in [0.717, 1.165) is 161 Å². The van der Waals surface area contributed by atoms with E-state index in [2.05, 4.69) is 72.1 Å². The van der Waals surface area contributed by atoms with E-state index >= 15 is 0 Å². The molecule has 0 atom stereocenters. The minimum atomic E-state index is -3.58. The number of phenols is 1. The lowest BCUT2D eigenvalue weighted by atomic mass is 9.79. The highest BCUT2D eigenvalue weighted by molar-refractivity contribution is 9.11. The summed E-state index contributed by atoms with van der Waals surface area (Å²) in [7, 11) is -17.9. The fourth-order valence-electron chi connectivity index (χ4n) is 14.8. The number of hydrogen-bond donors (Lipinski definition) is 2. The molecular formula is C105H144BBr3ClF2NO29S7. The van der Waals surface area contributed by atoms with Gasteiger partial charge in [-0.25, -0.2) is 50.9 Å². The molecule has 0 bridgehead atoms. The van der Waals surface area contributed by atoms with Gasteiger partial charge >= 0.3 is 13.1 Å². The van der Waals surface area contributed by atoms with Gasteiger partial charge in [0.15, 0.2) is 29.7 Å². The maximum absolute atomic E-state index is 13.1. The number of hydrogen-bond acceptors (Lipinski definition) is 32. The number of phenolic OH excluding ortho intramolecular Hbond substituents is 1. The number of carbonyl (C=O) groups is 1. The Labute approximate surface area is 918 Å². The van der Waals surface area contributed by atoms with Gasteiger partial charge in [0, 0.05) is 121 Å². The summed E-state index contributed by atoms with van der Waals surface area (Å²) in [5.41, 5.74) is 5.31. The van der Waals surface area contributed by atoms with Crippen LogP contribution in [0.1, 0.15) is 138 Å². The zero-order chi connectivity index (χ0) is 108. The van der Waals surface area contributed by atoms with Crippen molar-refractivity contribution in [2.75, 3.05) is 180 Å². The number of rotatable bonds is 43. The molecule has 7 aliphatic rings. The summed E-state index contributed by atoms with van der Waals surface area (Å²) in [4.78, 5) is 15.2. The molecule has 7 aromatic carbocycles. The van der Waals surface area contributed by atoms with Crippen LogP contribution in [0.5, 0.6) is 17.2 Å². The van der Waals surface area contributed by atoms with Crippen LogP contribution in [0.2, 0.25) is 0 Å². The van der Waals surface area contributed by atoms with Gasteiger partial charge in [0.05, 0.1) is 99.1 Å². The van der Waals surface area contributed by atoms with Crippen LogP contribution in [0.3, 0.4) is 0 Å². The lowest BCUT2D eigenvalue weighted by molar-refractivity contribution is -0.154. The largest absolute Gasteiger partial charge is 0.508 e. The molecule has 149 heavy (non-hydrogen) atoms. The van der Waals surface area contributed by atoms with Gasteiger partial charge in [-0.1, -0.05) is 71.7 Å². The van der Waals surface area contributed by atoms with Crippen LogP contribution >= 0.6 is 82.9 Å². The van der Waals surface area contributed by atoms with Gasteiger partial charge < -0.3 is 91.2 Å². The summed E-state index contributed by atoms with van der Waals surface area (Å²) in [6.07, 6.45) is 12.4. The molecular weight excluding hydrogens is 2290 g/mol. The van der Waals surface area contributed by atoms with E-state index in [1.165, 1.54) is 82.6 Å². The normalized spacial score (nSPS) is 17.5. The average molecular weight is 2430 g/mol. The van der Waals surface area contributed by atoms with Gasteiger partial charge in [0.2, 0.25) is 49.2 Å². The van der Waals surface area contributed by atoms with Crippen LogP contribution in [0, 0.1) is 35.5 Å². The van der Waals surface area contributed by atoms with Crippen molar-refractivity contribution in [2.24, 2.45) is 41.2 Å². The topological polar surface area (TPSA) is 391 Å². The fraction of sp³-hybridized carbons (Fsp3) is 0.552. The van der Waals surface area contributed by atoms with E-state index in [1.54, 1.807) is 92.8 Å². The van der Waals surface area contributed by atoms with Crippen molar-refractivity contribution in [1.29, 1.82) is 0 Å². The number of sulfone groups is 5. The Morgan fingerprint density at radius 1 is 0.403 bits per heavy atom. The van der Waals surface area contributed by atoms with Gasteiger partial charge in [-0.15, -0.1) is 23.4 Å². The van der Waals surface area contributed by atoms with E-state index in [1.807, 2.05) is 52.0 Å². The van der Waals surface area contributed by atoms with Crippen molar-refractivity contribution in [2.45, 2.75) is 189 Å². The van der Waals surface area contributed by atoms with E-state index in [-0.39, 0.29) is 87.6 Å². The maximum atomic E-state index is 13.1. The van der Waals surface area contributed by atoms with Crippen molar-refractivity contribution in [1.82, 2.24) is 0 Å². The van der Waals surface area contributed by atoms with Crippen molar-refractivity contribution < 1.29 is 141 Å². The van der Waals surface area contributed by atoms with Gasteiger partial charge in [0.1, 0.15) is 36.1 Å². The first-order valence-corrected chi connectivity index (χ1v) is 62.6. The van der Waals surface area contributed by atoms with E-state index in [0.29, 0.717) is 140 Å². The number of benzene rings is 7. The predicted octanol–water partition coefficient (Wildman–Crippen LogP) is 20.3. The molecule has 3 N–H and O–H groups in total. The number of nitrogens with two attached hydrogens (primary N) is 1. The second-order valence-electron chi connectivity index (χ2n) is 38.1. The fourth-order valence-corrected chi connectivity index (χ4v) is 22.1. The van der Waals surface area contributed by atoms with Crippen LogP contribution in [-0.2, 0) is 125 Å². The molecule has 7 aliphatic heterocycles. The third-order valence-corrected chi connectivity index (χ3v) is 35.4. The Hall–Kier alpha value is -5.61. The SMILES string of the molecule is Brc1ccc(SCOCC2CCOCC2)cc1.CC(C)(C)OC(=O)CC/C(=C\F)COc1ccc(S(=O)(=O)COCC2CCOCC2)cc1.CC1(C)OB(c2ccc(S(=O)(=O)COCC3CCOCC3)cc2)OC1(C)C.ClCSc1ccc(Br)cc1.NC/C(=C\F)COc1ccc(S(=O)(=O)COCC2CCOCC2)cc1.O=S(=O)(COCC1CCOCC1)c1ccc(Br)cc1.O=S(=O)(COCC1CCOCC1)c1ccc(O)cc1. The summed E-state index contributed by atoms with van der Waals surface area (Å²) in [5.74, 6) is 2.09. The Morgan fingerprint density at radius 2 is 0.664 bits per heavy atom. The van der Waals surface area contributed by atoms with E-state index in [4.69, 9.17) is 103 Å². The quantitative estimate of drug-likeness (QED) is 0.00895. The zero-order valence-electron chi connectivity index (χ0n) is 85.6. The smallest absolute Gasteiger partial charge is 0.494 e. The molecule has 0 amide bonds. The molecule has 44 heteroatoms. The highest BCUT2D eigenvalue weighted by Gasteiger charge is 2.52. The molecule has 0 spiro atoms. The minimum absolute atomic E-state index is 0.0211. The Kier molecular flexibility index (Phi) is 58.2. The standard InChI is InChI=1S/C23H33FO7S.C19H29BO6S.C17H24FNO5S.C13H17BrO4S.C13H17BrO2S.C13H18O5S.C7H6BrClS/c1-23(2,3)31-22(25)9-4-19(14-24)16-30-20-5-7-21(8-6-20)32(26,27)17-29-15-18-10-12-28-13-11-18;1-18(2)19(3,4)26-20(25-18)16-5-7-17(8-6-16)27(21,22)14-24-13-15-9-11-23-12-10-15;18-9-15(10-19)12-24-16-1-3-17(4-2-16)25(20,21)13-23-11-14-5-7-22-8-6-14;14-12-1-3-13(4-2-12)19(15,16)10-18-9-11-5-7-17-8-6-11;14-12-1-3-13(4-2-12)17-10-16-9-11-5-7-15-8-6-11;14-12-1-3-13(4-2-12)19(15,16)10-18-9-11-5-7-17-8-6-11;8-6-1-3-7(4-2-6)10-5-9/h5-8,14,18H,4,9-13,15-17H2,1-3H3;5-8,15H,9-14H2,1-4H3;1-4,9,14H,5-8,10-13,19H2;1-4,11H,5-10H2;1-4,11H,5-10H2;1-4,11,14H,5-10H2;1-4H,5H2/b19-14+;;15-9+;;;;. The summed E-state index contributed by atoms with van der Waals surface area (Å²) in [5, 5.41) is 9.74. The van der Waals surface area contributed by atoms with Crippen molar-refractivity contribution in [3.63, 3.8) is 0 Å². The van der Waals surface area contributed by atoms with Crippen LogP contribution in [-0.4, -0.2) is 257 Å². The molecule has 14 rings (SSSR count). The Bertz CT molecular complexity index is 5560. The van der Waals surface area contributed by atoms with Crippen molar-refractivity contribution in [3.05, 3.63) is 207 Å². The minimum Gasteiger partial charge on any atom is -0.508 e. The van der Waals surface area contributed by atoms with Crippen molar-refractivity contribution >= 4 is 151 Å². The molecule has 7 heterocycles. The summed E-state index contributed by atoms with van der Waals surface area (Å²) < 4.78 is 243. The molecule has 7 aromatic rings. The molecule has 0 saturated carbocycles. The Morgan fingerprint density at radius 3 is 0.946 bits per heavy atom. The third-order valence-electron chi connectivity index (χ3n) is 24.5. The number of thioether (sulfide) groups is 2. The van der Waals surface area contributed by atoms with Crippen LogP contribution in [0.4, 0.5) is 8.78 Å². The number of halogens is 6. The van der Waals surface area contributed by atoms with Crippen molar-refractivity contribution in [3.8, 4) is 17.2 Å². The first-order chi connectivity index (χ1) is 71.1. The zero-order valence-corrected chi connectivity index (χ0v) is 96.9. The molecule has 7 saturated heterocycles. The Balaban J connectivity index is 0.000000216. The molecule has 30 nitrogen and oxygen atoms in total. The number of carbonyl (C=O) groups excluding carboxylic acids is 1. The van der Waals surface area contributed by atoms with E-state index in [9.17, 15) is 55.7 Å². The predicted molar refractivity (Wildman–Crippen MR) is 584 cm³/mol. The second-order valence-corrected chi connectivity index (χ2v) is 53.2. The average Bonchev–Trinajstić information content (AvgIpc) is 1.62. The summed E-state index contributed by atoms with van der Waals surface area (Å²) in [6, 6.07) is 47.0. The van der Waals surface area contributed by atoms with Crippen LogP contribution < -0.4 is 20.7 Å². The molecule has 0 radical (unpaired) electrons. The van der Waals surface area contributed by atoms with Crippen LogP contribution in [0.15, 0.2) is 241 Å². The van der Waals surface area contributed by atoms with E-state index < -0.39 is 79.1 Å². The third kappa shape index (κ3) is 50.2. The molecule has 0 unspecified atom stereocenters. The molecule has 7 fully saturated rings. The van der Waals surface area contributed by atoms with Gasteiger partial charge in [0.25, 0.3) is 0 Å². The lowest BCUT2D eigenvalue weighted by Gasteiger charge is -2.32. The molecule has 0 aliphatic carbocycles. The van der Waals surface area contributed by atoms with Crippen LogP contribution in [0.25, 0.3) is 0 Å². The first-order valence-electron chi connectivity index (χ1n) is 49.4. The molecule has 830 valence electrons. The number of esters is 1. The number of aromatic hydroxyl groups is 1. The number of alkyl halides is 1. The van der Waals surface area contributed by atoms with Gasteiger partial charge in [-0.2, -0.15) is 0 Å². The second kappa shape index (κ2) is 67.5. The molecule has 0 aromatic heterocycles. The van der Waals surface area contributed by atoms with Gasteiger partial charge in [-0.3, -0.25) is 4.79 Å². The summed E-state index contributed by atoms with van der Waals surface area (Å²) in [6.45, 7) is 25.3. The maximum Gasteiger partial charge on any atom is 0.494 e. The van der Waals surface area contributed by atoms with Gasteiger partial charge in [-0.05, 0) is 336 Å². The summed E-state index contributed by atoms with van der Waals surface area (Å²) >= 11 is 19.0. The number of ether oxygens (including phenoxy) is 15. The first kappa shape index (κ1) is 129. The highest BCUT2D eigenvalue weighted by Crippen LogP contribution is 2.38. The lowest BCUT2D eigenvalue weighted by Crippen LogP contribution is -2.41.